The molecule has 6 nitrogen and oxygen atoms in total. The van der Waals surface area contributed by atoms with Crippen LogP contribution in [0.3, 0.4) is 0 Å². The number of aromatic nitrogens is 4. The molecule has 0 aromatic carbocycles. The zero-order valence-corrected chi connectivity index (χ0v) is 13.3. The van der Waals surface area contributed by atoms with Crippen LogP contribution in [0.1, 0.15) is 54.1 Å². The zero-order chi connectivity index (χ0) is 15.6. The van der Waals surface area contributed by atoms with Gasteiger partial charge in [0.2, 0.25) is 0 Å². The smallest absolute Gasteiger partial charge is 0.255 e. The summed E-state index contributed by atoms with van der Waals surface area (Å²) in [6.45, 7) is 11.5. The van der Waals surface area contributed by atoms with Crippen LogP contribution in [0.25, 0.3) is 0 Å². The highest BCUT2D eigenvalue weighted by molar-refractivity contribution is 5.95. The lowest BCUT2D eigenvalue weighted by molar-refractivity contribution is 0.0939. The van der Waals surface area contributed by atoms with E-state index in [1.54, 1.807) is 10.9 Å². The summed E-state index contributed by atoms with van der Waals surface area (Å²) in [4.78, 5) is 12.4. The van der Waals surface area contributed by atoms with Crippen molar-refractivity contribution in [3.8, 4) is 0 Å². The second-order valence-electron chi connectivity index (χ2n) is 5.18. The van der Waals surface area contributed by atoms with Gasteiger partial charge in [-0.1, -0.05) is 0 Å². The van der Waals surface area contributed by atoms with Crippen LogP contribution in [-0.4, -0.2) is 25.5 Å². The minimum Gasteiger partial charge on any atom is -0.345 e. The van der Waals surface area contributed by atoms with Gasteiger partial charge in [0.25, 0.3) is 5.91 Å². The summed E-state index contributed by atoms with van der Waals surface area (Å²) in [5, 5.41) is 11.6. The van der Waals surface area contributed by atoms with Crippen molar-refractivity contribution in [1.82, 2.24) is 24.9 Å². The SMILES string of the molecule is CCn1cc(C(=O)NC(C)c2cnn(CC)c2C)c(C)n1. The zero-order valence-electron chi connectivity index (χ0n) is 13.3. The second kappa shape index (κ2) is 6.11. The molecule has 0 aliphatic carbocycles. The Hall–Kier alpha value is -2.11. The summed E-state index contributed by atoms with van der Waals surface area (Å²) in [5.74, 6) is -0.0941. The highest BCUT2D eigenvalue weighted by Gasteiger charge is 2.18. The molecule has 0 bridgehead atoms. The molecule has 2 aromatic rings. The molecule has 6 heteroatoms. The van der Waals surface area contributed by atoms with Crippen molar-refractivity contribution >= 4 is 5.91 Å². The van der Waals surface area contributed by atoms with Crippen LogP contribution in [0.4, 0.5) is 0 Å². The third kappa shape index (κ3) is 2.99. The number of aryl methyl sites for hydroxylation is 3. The third-order valence-electron chi connectivity index (χ3n) is 3.77. The van der Waals surface area contributed by atoms with E-state index in [-0.39, 0.29) is 11.9 Å². The Balaban J connectivity index is 2.14. The summed E-state index contributed by atoms with van der Waals surface area (Å²) < 4.78 is 3.70. The molecule has 1 N–H and O–H groups in total. The molecule has 1 unspecified atom stereocenters. The predicted octanol–water partition coefficient (Wildman–Crippen LogP) is 2.23. The maximum Gasteiger partial charge on any atom is 0.255 e. The fourth-order valence-corrected chi connectivity index (χ4v) is 2.46. The Kier molecular flexibility index (Phi) is 4.45. The molecule has 1 atom stereocenters. The maximum absolute atomic E-state index is 12.4. The first-order valence-electron chi connectivity index (χ1n) is 7.35. The van der Waals surface area contributed by atoms with Crippen molar-refractivity contribution in [3.63, 3.8) is 0 Å². The number of hydrogen-bond donors (Lipinski definition) is 1. The normalized spacial score (nSPS) is 12.4. The quantitative estimate of drug-likeness (QED) is 0.918. The first-order valence-corrected chi connectivity index (χ1v) is 7.35. The van der Waals surface area contributed by atoms with Gasteiger partial charge in [0.1, 0.15) is 0 Å². The number of nitrogens with one attached hydrogen (secondary N) is 1. The molecule has 0 saturated heterocycles. The number of nitrogens with zero attached hydrogens (tertiary/aromatic N) is 4. The lowest BCUT2D eigenvalue weighted by Gasteiger charge is -2.13. The van der Waals surface area contributed by atoms with E-state index in [1.807, 2.05) is 38.6 Å². The fourth-order valence-electron chi connectivity index (χ4n) is 2.46. The van der Waals surface area contributed by atoms with Gasteiger partial charge < -0.3 is 5.32 Å². The molecule has 2 aromatic heterocycles. The number of carbonyl (C=O) groups excluding carboxylic acids is 1. The van der Waals surface area contributed by atoms with Gasteiger partial charge in [0.15, 0.2) is 0 Å². The van der Waals surface area contributed by atoms with Crippen LogP contribution in [0.5, 0.6) is 0 Å². The van der Waals surface area contributed by atoms with Crippen molar-refractivity contribution in [3.05, 3.63) is 34.9 Å². The van der Waals surface area contributed by atoms with E-state index in [0.717, 1.165) is 30.0 Å². The molecule has 0 aliphatic heterocycles. The van der Waals surface area contributed by atoms with Crippen molar-refractivity contribution in [2.45, 2.75) is 53.8 Å². The number of hydrogen-bond acceptors (Lipinski definition) is 3. The molecule has 21 heavy (non-hydrogen) atoms. The topological polar surface area (TPSA) is 64.7 Å². The van der Waals surface area contributed by atoms with Crippen LogP contribution in [0.2, 0.25) is 0 Å². The number of carbonyl (C=O) groups is 1. The molecule has 0 fully saturated rings. The molecule has 0 saturated carbocycles. The van der Waals surface area contributed by atoms with E-state index < -0.39 is 0 Å². The van der Waals surface area contributed by atoms with E-state index in [2.05, 4.69) is 22.4 Å². The molecule has 0 radical (unpaired) electrons. The van der Waals surface area contributed by atoms with Crippen LogP contribution in [0.15, 0.2) is 12.4 Å². The molecular weight excluding hydrogens is 266 g/mol. The Bertz CT molecular complexity index is 641. The molecule has 2 heterocycles. The lowest BCUT2D eigenvalue weighted by Crippen LogP contribution is -2.27. The van der Waals surface area contributed by atoms with Crippen LogP contribution >= 0.6 is 0 Å². The van der Waals surface area contributed by atoms with E-state index in [1.165, 1.54) is 0 Å². The van der Waals surface area contributed by atoms with Gasteiger partial charge in [-0.15, -0.1) is 0 Å². The van der Waals surface area contributed by atoms with Crippen molar-refractivity contribution in [2.75, 3.05) is 0 Å². The van der Waals surface area contributed by atoms with Crippen molar-refractivity contribution in [1.29, 1.82) is 0 Å². The summed E-state index contributed by atoms with van der Waals surface area (Å²) in [6.07, 6.45) is 3.62. The van der Waals surface area contributed by atoms with E-state index in [0.29, 0.717) is 5.56 Å². The molecule has 0 spiro atoms. The number of rotatable bonds is 5. The first kappa shape index (κ1) is 15.3. The Morgan fingerprint density at radius 3 is 2.57 bits per heavy atom. The van der Waals surface area contributed by atoms with Crippen molar-refractivity contribution in [2.24, 2.45) is 0 Å². The van der Waals surface area contributed by atoms with E-state index in [9.17, 15) is 4.79 Å². The lowest BCUT2D eigenvalue weighted by atomic mass is 10.1. The molecule has 114 valence electrons. The van der Waals surface area contributed by atoms with Crippen LogP contribution in [0, 0.1) is 13.8 Å². The Labute approximate surface area is 125 Å². The fraction of sp³-hybridized carbons (Fsp3) is 0.533. The molecular formula is C15H23N5O. The molecule has 2 rings (SSSR count). The Morgan fingerprint density at radius 2 is 2.05 bits per heavy atom. The second-order valence-corrected chi connectivity index (χ2v) is 5.18. The summed E-state index contributed by atoms with van der Waals surface area (Å²) in [6, 6.07) is -0.0813. The van der Waals surface area contributed by atoms with Gasteiger partial charge in [-0.3, -0.25) is 14.2 Å². The molecule has 0 aliphatic rings. The van der Waals surface area contributed by atoms with E-state index in [4.69, 9.17) is 0 Å². The Morgan fingerprint density at radius 1 is 1.33 bits per heavy atom. The third-order valence-corrected chi connectivity index (χ3v) is 3.77. The van der Waals surface area contributed by atoms with Crippen LogP contribution < -0.4 is 5.32 Å². The van der Waals surface area contributed by atoms with Crippen LogP contribution in [-0.2, 0) is 13.1 Å². The van der Waals surface area contributed by atoms with Gasteiger partial charge in [-0.2, -0.15) is 10.2 Å². The van der Waals surface area contributed by atoms with Gasteiger partial charge in [0, 0.05) is 30.5 Å². The van der Waals surface area contributed by atoms with Gasteiger partial charge in [0.05, 0.1) is 23.5 Å². The summed E-state index contributed by atoms with van der Waals surface area (Å²) in [7, 11) is 0. The van der Waals surface area contributed by atoms with Gasteiger partial charge in [-0.05, 0) is 34.6 Å². The average Bonchev–Trinajstić information content (AvgIpc) is 3.01. The minimum absolute atomic E-state index is 0.0813. The predicted molar refractivity (Wildman–Crippen MR) is 81.2 cm³/mol. The highest BCUT2D eigenvalue weighted by Crippen LogP contribution is 2.18. The van der Waals surface area contributed by atoms with E-state index >= 15 is 0 Å². The molecule has 1 amide bonds. The standard InChI is InChI=1S/C15H23N5O/c1-6-19-9-14(11(4)18-19)15(21)17-10(3)13-8-16-20(7-2)12(13)5/h8-10H,6-7H2,1-5H3,(H,17,21). The first-order chi connectivity index (χ1) is 9.97. The largest absolute Gasteiger partial charge is 0.345 e. The minimum atomic E-state index is -0.0941. The number of amides is 1. The summed E-state index contributed by atoms with van der Waals surface area (Å²) >= 11 is 0. The van der Waals surface area contributed by atoms with Gasteiger partial charge in [-0.25, -0.2) is 0 Å². The highest BCUT2D eigenvalue weighted by atomic mass is 16.1. The van der Waals surface area contributed by atoms with Crippen molar-refractivity contribution < 1.29 is 4.79 Å². The van der Waals surface area contributed by atoms with Gasteiger partial charge >= 0.3 is 0 Å². The summed E-state index contributed by atoms with van der Waals surface area (Å²) in [5.41, 5.74) is 3.52. The monoisotopic (exact) mass is 289 g/mol. The maximum atomic E-state index is 12.4. The average molecular weight is 289 g/mol.